The lowest BCUT2D eigenvalue weighted by atomic mass is 9.94. The van der Waals surface area contributed by atoms with Crippen molar-refractivity contribution in [3.8, 4) is 0 Å². The maximum absolute atomic E-state index is 12.6. The molecule has 1 atom stereocenters. The Morgan fingerprint density at radius 1 is 1.57 bits per heavy atom. The van der Waals surface area contributed by atoms with Gasteiger partial charge in [-0.05, 0) is 25.8 Å². The molecule has 6 heteroatoms. The first-order valence-corrected chi connectivity index (χ1v) is 7.42. The van der Waals surface area contributed by atoms with E-state index in [1.54, 1.807) is 0 Å². The summed E-state index contributed by atoms with van der Waals surface area (Å²) >= 11 is 0. The van der Waals surface area contributed by atoms with Gasteiger partial charge in [-0.3, -0.25) is 9.89 Å². The fourth-order valence-corrected chi connectivity index (χ4v) is 2.90. The van der Waals surface area contributed by atoms with Crippen molar-refractivity contribution in [1.82, 2.24) is 20.1 Å². The van der Waals surface area contributed by atoms with E-state index in [-0.39, 0.29) is 5.91 Å². The molecule has 21 heavy (non-hydrogen) atoms. The van der Waals surface area contributed by atoms with E-state index in [9.17, 15) is 4.79 Å². The first-order chi connectivity index (χ1) is 10.2. The first-order valence-electron chi connectivity index (χ1n) is 7.42. The van der Waals surface area contributed by atoms with Crippen LogP contribution in [0, 0.1) is 6.92 Å². The smallest absolute Gasteiger partial charge is 0.276 e. The molecular weight excluding hydrogens is 268 g/mol. The van der Waals surface area contributed by atoms with Crippen molar-refractivity contribution in [2.24, 2.45) is 0 Å². The van der Waals surface area contributed by atoms with Crippen molar-refractivity contribution >= 4 is 5.91 Å². The van der Waals surface area contributed by atoms with Crippen LogP contribution in [0.4, 0.5) is 0 Å². The Kier molecular flexibility index (Phi) is 3.77. The van der Waals surface area contributed by atoms with Gasteiger partial charge in [0.15, 0.2) is 12.1 Å². The lowest BCUT2D eigenvalue weighted by molar-refractivity contribution is 0.0698. The molecule has 1 amide bonds. The number of carbonyl (C=O) groups is 1. The third-order valence-electron chi connectivity index (χ3n) is 4.02. The highest BCUT2D eigenvalue weighted by molar-refractivity contribution is 5.93. The van der Waals surface area contributed by atoms with Gasteiger partial charge in [0.1, 0.15) is 5.76 Å². The first kappa shape index (κ1) is 13.9. The van der Waals surface area contributed by atoms with Crippen molar-refractivity contribution < 1.29 is 9.21 Å². The highest BCUT2D eigenvalue weighted by atomic mass is 16.3. The van der Waals surface area contributed by atoms with Crippen molar-refractivity contribution in [3.05, 3.63) is 35.3 Å². The number of aromatic amines is 1. The Balaban J connectivity index is 1.75. The zero-order valence-electron chi connectivity index (χ0n) is 12.4. The van der Waals surface area contributed by atoms with Gasteiger partial charge >= 0.3 is 0 Å². The number of piperidine rings is 1. The molecule has 0 radical (unpaired) electrons. The largest absolute Gasteiger partial charge is 0.448 e. The van der Waals surface area contributed by atoms with E-state index < -0.39 is 0 Å². The average molecular weight is 288 g/mol. The molecule has 0 saturated carbocycles. The lowest BCUT2D eigenvalue weighted by Crippen LogP contribution is -2.39. The summed E-state index contributed by atoms with van der Waals surface area (Å²) in [6.45, 7) is 5.42. The average Bonchev–Trinajstić information content (AvgIpc) is 3.15. The van der Waals surface area contributed by atoms with Gasteiger partial charge in [0.05, 0.1) is 5.69 Å². The number of hydrogen-bond acceptors (Lipinski definition) is 4. The highest BCUT2D eigenvalue weighted by Gasteiger charge is 2.29. The molecule has 0 bridgehead atoms. The van der Waals surface area contributed by atoms with Crippen LogP contribution in [-0.2, 0) is 6.42 Å². The van der Waals surface area contributed by atoms with Gasteiger partial charge in [0.25, 0.3) is 5.91 Å². The molecule has 1 fully saturated rings. The van der Waals surface area contributed by atoms with Crippen LogP contribution in [0.1, 0.15) is 53.3 Å². The monoisotopic (exact) mass is 288 g/mol. The molecule has 2 aromatic rings. The summed E-state index contributed by atoms with van der Waals surface area (Å²) in [6, 6.07) is 2.06. The van der Waals surface area contributed by atoms with Crippen LogP contribution < -0.4 is 0 Å². The molecule has 0 aliphatic carbocycles. The molecule has 1 aliphatic rings. The molecule has 1 aliphatic heterocycles. The summed E-state index contributed by atoms with van der Waals surface area (Å²) in [5.74, 6) is 0.930. The molecule has 3 rings (SSSR count). The summed E-state index contributed by atoms with van der Waals surface area (Å²) in [5, 5.41) is 7.31. The van der Waals surface area contributed by atoms with Crippen LogP contribution in [0.3, 0.4) is 0 Å². The molecule has 112 valence electrons. The second-order valence-electron chi connectivity index (χ2n) is 5.54. The fourth-order valence-electron chi connectivity index (χ4n) is 2.90. The summed E-state index contributed by atoms with van der Waals surface area (Å²) in [6.07, 6.45) is 4.08. The van der Waals surface area contributed by atoms with Gasteiger partial charge in [-0.25, -0.2) is 4.98 Å². The number of aromatic nitrogens is 3. The minimum atomic E-state index is -0.0300. The topological polar surface area (TPSA) is 75.0 Å². The standard InChI is InChI=1S/C15H20N4O2/c1-3-13-14(16-9-21-13)15(20)19-6-4-5-11(8-19)12-7-10(2)17-18-12/h7,9,11H,3-6,8H2,1-2H3,(H,17,18)/t11-/m0/s1. The van der Waals surface area contributed by atoms with Crippen LogP contribution in [0.2, 0.25) is 0 Å². The molecule has 2 aromatic heterocycles. The summed E-state index contributed by atoms with van der Waals surface area (Å²) < 4.78 is 5.26. The number of nitrogens with zero attached hydrogens (tertiary/aromatic N) is 3. The van der Waals surface area contributed by atoms with Gasteiger partial charge in [0.2, 0.25) is 0 Å². The van der Waals surface area contributed by atoms with Crippen LogP contribution in [0.5, 0.6) is 0 Å². The van der Waals surface area contributed by atoms with E-state index in [0.717, 1.165) is 30.8 Å². The second kappa shape index (κ2) is 5.71. The molecule has 0 aromatic carbocycles. The molecule has 3 heterocycles. The zero-order valence-corrected chi connectivity index (χ0v) is 12.4. The Morgan fingerprint density at radius 2 is 2.43 bits per heavy atom. The molecule has 1 saturated heterocycles. The quantitative estimate of drug-likeness (QED) is 0.940. The molecule has 1 N–H and O–H groups in total. The number of amides is 1. The van der Waals surface area contributed by atoms with Crippen LogP contribution in [0.25, 0.3) is 0 Å². The zero-order chi connectivity index (χ0) is 14.8. The van der Waals surface area contributed by atoms with E-state index in [0.29, 0.717) is 30.3 Å². The predicted molar refractivity (Wildman–Crippen MR) is 77.1 cm³/mol. The minimum Gasteiger partial charge on any atom is -0.448 e. The van der Waals surface area contributed by atoms with E-state index in [4.69, 9.17) is 4.42 Å². The fraction of sp³-hybridized carbons (Fsp3) is 0.533. The number of carbonyl (C=O) groups excluding carboxylic acids is 1. The summed E-state index contributed by atoms with van der Waals surface area (Å²) in [5.41, 5.74) is 2.55. The number of nitrogens with one attached hydrogen (secondary N) is 1. The Labute approximate surface area is 123 Å². The van der Waals surface area contributed by atoms with Crippen molar-refractivity contribution in [2.45, 2.75) is 39.0 Å². The lowest BCUT2D eigenvalue weighted by Gasteiger charge is -2.31. The molecule has 0 unspecified atom stereocenters. The van der Waals surface area contributed by atoms with Gasteiger partial charge in [-0.2, -0.15) is 5.10 Å². The maximum Gasteiger partial charge on any atom is 0.276 e. The normalized spacial score (nSPS) is 19.0. The SMILES string of the molecule is CCc1ocnc1C(=O)N1CCC[C@H](c2cc(C)[nH]n2)C1. The molecule has 6 nitrogen and oxygen atoms in total. The Hall–Kier alpha value is -2.11. The number of likely N-dealkylation sites (tertiary alicyclic amines) is 1. The van der Waals surface area contributed by atoms with Crippen molar-refractivity contribution in [1.29, 1.82) is 0 Å². The number of H-pyrrole nitrogens is 1. The third-order valence-corrected chi connectivity index (χ3v) is 4.02. The van der Waals surface area contributed by atoms with Gasteiger partial charge in [-0.1, -0.05) is 6.92 Å². The van der Waals surface area contributed by atoms with Crippen molar-refractivity contribution in [2.75, 3.05) is 13.1 Å². The highest BCUT2D eigenvalue weighted by Crippen LogP contribution is 2.27. The van der Waals surface area contributed by atoms with Gasteiger partial charge < -0.3 is 9.32 Å². The third kappa shape index (κ3) is 2.70. The van der Waals surface area contributed by atoms with Crippen LogP contribution >= 0.6 is 0 Å². The van der Waals surface area contributed by atoms with E-state index in [1.165, 1.54) is 6.39 Å². The summed E-state index contributed by atoms with van der Waals surface area (Å²) in [4.78, 5) is 18.6. The van der Waals surface area contributed by atoms with Crippen LogP contribution in [0.15, 0.2) is 16.9 Å². The van der Waals surface area contributed by atoms with E-state index >= 15 is 0 Å². The van der Waals surface area contributed by atoms with Crippen molar-refractivity contribution in [3.63, 3.8) is 0 Å². The molecular formula is C15H20N4O2. The maximum atomic E-state index is 12.6. The number of aryl methyl sites for hydroxylation is 2. The van der Waals surface area contributed by atoms with E-state index in [1.807, 2.05) is 18.7 Å². The summed E-state index contributed by atoms with van der Waals surface area (Å²) in [7, 11) is 0. The Bertz CT molecular complexity index is 631. The number of rotatable bonds is 3. The van der Waals surface area contributed by atoms with Gasteiger partial charge in [0, 0.05) is 31.1 Å². The van der Waals surface area contributed by atoms with Crippen LogP contribution in [-0.4, -0.2) is 39.1 Å². The number of hydrogen-bond donors (Lipinski definition) is 1. The van der Waals surface area contributed by atoms with E-state index in [2.05, 4.69) is 21.2 Å². The minimum absolute atomic E-state index is 0.0300. The number of oxazole rings is 1. The predicted octanol–water partition coefficient (Wildman–Crippen LogP) is 2.29. The molecule has 0 spiro atoms. The second-order valence-corrected chi connectivity index (χ2v) is 5.54. The van der Waals surface area contributed by atoms with Gasteiger partial charge in [-0.15, -0.1) is 0 Å². The Morgan fingerprint density at radius 3 is 3.14 bits per heavy atom.